The van der Waals surface area contributed by atoms with Gasteiger partial charge in [-0.25, -0.2) is 19.7 Å². The van der Waals surface area contributed by atoms with Crippen molar-refractivity contribution in [1.82, 2.24) is 20.3 Å². The van der Waals surface area contributed by atoms with Gasteiger partial charge in [0, 0.05) is 19.3 Å². The number of halogens is 2. The second kappa shape index (κ2) is 5.50. The van der Waals surface area contributed by atoms with E-state index < -0.39 is 6.09 Å². The zero-order chi connectivity index (χ0) is 15.0. The third-order valence-corrected chi connectivity index (χ3v) is 3.70. The second-order valence-corrected chi connectivity index (χ2v) is 5.51. The third kappa shape index (κ3) is 2.93. The summed E-state index contributed by atoms with van der Waals surface area (Å²) >= 11 is 12.0. The van der Waals surface area contributed by atoms with Crippen molar-refractivity contribution < 1.29 is 9.90 Å². The number of pyridine rings is 1. The first-order chi connectivity index (χ1) is 10.0. The summed E-state index contributed by atoms with van der Waals surface area (Å²) < 4.78 is 0. The molecule has 2 aromatic heterocycles. The van der Waals surface area contributed by atoms with E-state index in [1.807, 2.05) is 4.90 Å². The van der Waals surface area contributed by atoms with Gasteiger partial charge in [-0.05, 0) is 12.5 Å². The Labute approximate surface area is 129 Å². The molecule has 2 aromatic rings. The molecule has 1 amide bonds. The summed E-state index contributed by atoms with van der Waals surface area (Å²) in [6.45, 7) is 1.15. The molecule has 1 unspecified atom stereocenters. The van der Waals surface area contributed by atoms with Crippen LogP contribution >= 0.6 is 23.2 Å². The number of amides is 1. The van der Waals surface area contributed by atoms with Crippen molar-refractivity contribution in [3.63, 3.8) is 0 Å². The molecule has 3 heterocycles. The predicted octanol–water partition coefficient (Wildman–Crippen LogP) is 2.18. The van der Waals surface area contributed by atoms with E-state index in [9.17, 15) is 4.79 Å². The number of nitrogens with one attached hydrogen (secondary N) is 1. The second-order valence-electron chi connectivity index (χ2n) is 4.72. The molecule has 0 bridgehead atoms. The highest BCUT2D eigenvalue weighted by Gasteiger charge is 2.27. The normalized spacial score (nSPS) is 18.2. The lowest BCUT2D eigenvalue weighted by Gasteiger charge is -2.18. The molecule has 0 aromatic carbocycles. The Morgan fingerprint density at radius 1 is 1.43 bits per heavy atom. The minimum atomic E-state index is -1.03. The number of anilines is 1. The molecule has 110 valence electrons. The van der Waals surface area contributed by atoms with Gasteiger partial charge in [0.2, 0.25) is 0 Å². The Bertz CT molecular complexity index is 711. The van der Waals surface area contributed by atoms with Crippen molar-refractivity contribution in [2.45, 2.75) is 12.5 Å². The van der Waals surface area contributed by atoms with Crippen molar-refractivity contribution in [2.24, 2.45) is 0 Å². The van der Waals surface area contributed by atoms with E-state index in [1.165, 1.54) is 6.20 Å². The summed E-state index contributed by atoms with van der Waals surface area (Å²) in [4.78, 5) is 25.3. The Morgan fingerprint density at radius 2 is 2.24 bits per heavy atom. The largest absolute Gasteiger partial charge is 0.465 e. The molecule has 1 atom stereocenters. The number of aromatic nitrogens is 3. The maximum atomic E-state index is 10.7. The molecule has 3 rings (SSSR count). The fraction of sp³-hybridized carbons (Fsp3) is 0.333. The molecule has 9 heteroatoms. The van der Waals surface area contributed by atoms with Crippen LogP contribution in [0.3, 0.4) is 0 Å². The fourth-order valence-electron chi connectivity index (χ4n) is 2.34. The number of carbonyl (C=O) groups is 1. The Hall–Kier alpha value is -1.86. The Morgan fingerprint density at radius 3 is 3.00 bits per heavy atom. The number of hydrogen-bond acceptors (Lipinski definition) is 5. The van der Waals surface area contributed by atoms with Gasteiger partial charge in [0.05, 0.1) is 11.1 Å². The van der Waals surface area contributed by atoms with Crippen LogP contribution in [0.15, 0.2) is 12.3 Å². The quantitative estimate of drug-likeness (QED) is 0.878. The van der Waals surface area contributed by atoms with Crippen LogP contribution < -0.4 is 10.2 Å². The van der Waals surface area contributed by atoms with Gasteiger partial charge in [-0.1, -0.05) is 23.2 Å². The smallest absolute Gasteiger partial charge is 0.404 e. The van der Waals surface area contributed by atoms with Crippen LogP contribution in [-0.4, -0.2) is 45.3 Å². The summed E-state index contributed by atoms with van der Waals surface area (Å²) in [6, 6.07) is 1.50. The van der Waals surface area contributed by atoms with Gasteiger partial charge in [-0.15, -0.1) is 0 Å². The standard InChI is InChI=1S/C12H11Cl2N5O2/c13-6-3-8-10(15-4-6)18-11(9(14)17-8)19-2-1-7(5-19)16-12(20)21/h3-4,7,16H,1-2,5H2,(H,20,21). The lowest BCUT2D eigenvalue weighted by atomic mass is 10.3. The van der Waals surface area contributed by atoms with Crippen LogP contribution in [0.4, 0.5) is 10.6 Å². The Kier molecular flexibility index (Phi) is 3.69. The summed E-state index contributed by atoms with van der Waals surface area (Å²) in [7, 11) is 0. The topological polar surface area (TPSA) is 91.2 Å². The van der Waals surface area contributed by atoms with Crippen LogP contribution in [-0.2, 0) is 0 Å². The molecular weight excluding hydrogens is 317 g/mol. The zero-order valence-corrected chi connectivity index (χ0v) is 12.3. The highest BCUT2D eigenvalue weighted by Crippen LogP contribution is 2.27. The molecule has 0 radical (unpaired) electrons. The number of carboxylic acid groups (broad SMARTS) is 1. The van der Waals surface area contributed by atoms with E-state index in [0.717, 1.165) is 0 Å². The van der Waals surface area contributed by atoms with Gasteiger partial charge in [0.1, 0.15) is 5.52 Å². The first-order valence-corrected chi connectivity index (χ1v) is 7.02. The highest BCUT2D eigenvalue weighted by molar-refractivity contribution is 6.32. The predicted molar refractivity (Wildman–Crippen MR) is 79.1 cm³/mol. The summed E-state index contributed by atoms with van der Waals surface area (Å²) in [6.07, 6.45) is 1.15. The van der Waals surface area contributed by atoms with Crippen molar-refractivity contribution in [3.8, 4) is 0 Å². The lowest BCUT2D eigenvalue weighted by Crippen LogP contribution is -2.36. The maximum absolute atomic E-state index is 10.7. The molecule has 1 aliphatic heterocycles. The van der Waals surface area contributed by atoms with E-state index in [0.29, 0.717) is 41.5 Å². The molecule has 7 nitrogen and oxygen atoms in total. The average molecular weight is 328 g/mol. The highest BCUT2D eigenvalue weighted by atomic mass is 35.5. The molecule has 0 saturated carbocycles. The number of hydrogen-bond donors (Lipinski definition) is 2. The first kappa shape index (κ1) is 14.1. The molecule has 21 heavy (non-hydrogen) atoms. The van der Waals surface area contributed by atoms with E-state index >= 15 is 0 Å². The third-order valence-electron chi connectivity index (χ3n) is 3.24. The van der Waals surface area contributed by atoms with Crippen LogP contribution in [0.1, 0.15) is 6.42 Å². The van der Waals surface area contributed by atoms with E-state index in [2.05, 4.69) is 20.3 Å². The van der Waals surface area contributed by atoms with E-state index in [-0.39, 0.29) is 11.2 Å². The molecule has 0 spiro atoms. The average Bonchev–Trinajstić information content (AvgIpc) is 2.85. The molecule has 2 N–H and O–H groups in total. The molecule has 1 fully saturated rings. The van der Waals surface area contributed by atoms with Gasteiger partial charge >= 0.3 is 6.09 Å². The monoisotopic (exact) mass is 327 g/mol. The Balaban J connectivity index is 1.89. The van der Waals surface area contributed by atoms with Gasteiger partial charge in [0.15, 0.2) is 16.6 Å². The molecular formula is C12H11Cl2N5O2. The minimum absolute atomic E-state index is 0.144. The lowest BCUT2D eigenvalue weighted by molar-refractivity contribution is 0.191. The number of rotatable bonds is 2. The maximum Gasteiger partial charge on any atom is 0.404 e. The summed E-state index contributed by atoms with van der Waals surface area (Å²) in [5, 5.41) is 11.9. The van der Waals surface area contributed by atoms with Crippen molar-refractivity contribution in [1.29, 1.82) is 0 Å². The molecule has 1 saturated heterocycles. The van der Waals surface area contributed by atoms with E-state index in [1.54, 1.807) is 6.07 Å². The van der Waals surface area contributed by atoms with Crippen LogP contribution in [0.25, 0.3) is 11.2 Å². The number of fused-ring (bicyclic) bond motifs is 1. The van der Waals surface area contributed by atoms with Crippen molar-refractivity contribution >= 4 is 46.3 Å². The van der Waals surface area contributed by atoms with Gasteiger partial charge in [0.25, 0.3) is 0 Å². The first-order valence-electron chi connectivity index (χ1n) is 6.26. The SMILES string of the molecule is O=C(O)NC1CCN(c2nc3ncc(Cl)cc3nc2Cl)C1. The van der Waals surface area contributed by atoms with Gasteiger partial charge in [-0.2, -0.15) is 0 Å². The van der Waals surface area contributed by atoms with Crippen molar-refractivity contribution in [2.75, 3.05) is 18.0 Å². The van der Waals surface area contributed by atoms with Gasteiger partial charge < -0.3 is 15.3 Å². The summed E-state index contributed by atoms with van der Waals surface area (Å²) in [5.41, 5.74) is 0.976. The van der Waals surface area contributed by atoms with Crippen LogP contribution in [0, 0.1) is 0 Å². The fourth-order valence-corrected chi connectivity index (χ4v) is 2.74. The molecule has 1 aliphatic rings. The van der Waals surface area contributed by atoms with Crippen LogP contribution in [0.5, 0.6) is 0 Å². The van der Waals surface area contributed by atoms with E-state index in [4.69, 9.17) is 28.3 Å². The summed E-state index contributed by atoms with van der Waals surface area (Å²) in [5.74, 6) is 0.508. The number of nitrogens with zero attached hydrogens (tertiary/aromatic N) is 4. The zero-order valence-electron chi connectivity index (χ0n) is 10.8. The van der Waals surface area contributed by atoms with Crippen molar-refractivity contribution in [3.05, 3.63) is 22.4 Å². The minimum Gasteiger partial charge on any atom is -0.465 e. The molecule has 0 aliphatic carbocycles. The van der Waals surface area contributed by atoms with Crippen LogP contribution in [0.2, 0.25) is 10.2 Å². The van der Waals surface area contributed by atoms with Gasteiger partial charge in [-0.3, -0.25) is 0 Å².